The van der Waals surface area contributed by atoms with Crippen LogP contribution in [0.25, 0.3) is 0 Å². The van der Waals surface area contributed by atoms with Crippen molar-refractivity contribution in [2.24, 2.45) is 5.73 Å². The van der Waals surface area contributed by atoms with Crippen molar-refractivity contribution in [3.63, 3.8) is 0 Å². The average molecular weight is 405 g/mol. The molecule has 0 spiro atoms. The first-order valence-electron chi connectivity index (χ1n) is 9.50. The molecule has 0 aromatic heterocycles. The van der Waals surface area contributed by atoms with E-state index in [0.717, 1.165) is 24.8 Å². The van der Waals surface area contributed by atoms with Crippen LogP contribution in [0.2, 0.25) is 0 Å². The quantitative estimate of drug-likeness (QED) is 0.411. The Morgan fingerprint density at radius 3 is 2.34 bits per heavy atom. The number of nitrogens with two attached hydrogens (primary N) is 1. The van der Waals surface area contributed by atoms with E-state index in [0.29, 0.717) is 13.1 Å². The fourth-order valence-electron chi connectivity index (χ4n) is 3.34. The molecule has 1 saturated heterocycles. The smallest absolute Gasteiger partial charge is 0.328 e. The van der Waals surface area contributed by atoms with Crippen LogP contribution in [0.1, 0.15) is 31.2 Å². The van der Waals surface area contributed by atoms with Gasteiger partial charge >= 0.3 is 11.9 Å². The maximum absolute atomic E-state index is 13.0. The Kier molecular flexibility index (Phi) is 7.72. The van der Waals surface area contributed by atoms with Crippen LogP contribution < -0.4 is 11.1 Å². The van der Waals surface area contributed by atoms with Crippen LogP contribution in [0, 0.1) is 0 Å². The Hall–Kier alpha value is -2.94. The van der Waals surface area contributed by atoms with Crippen LogP contribution >= 0.6 is 0 Å². The van der Waals surface area contributed by atoms with E-state index in [9.17, 15) is 24.3 Å². The molecule has 9 nitrogen and oxygen atoms in total. The lowest BCUT2D eigenvalue weighted by atomic mass is 9.91. The van der Waals surface area contributed by atoms with Crippen molar-refractivity contribution >= 4 is 23.8 Å². The zero-order chi connectivity index (χ0) is 21.4. The van der Waals surface area contributed by atoms with Gasteiger partial charge in [0.25, 0.3) is 11.8 Å². The third-order valence-corrected chi connectivity index (χ3v) is 4.93. The number of carboxylic acid groups (broad SMARTS) is 1. The number of hydrogen-bond acceptors (Lipinski definition) is 6. The van der Waals surface area contributed by atoms with Crippen LogP contribution in [0.3, 0.4) is 0 Å². The summed E-state index contributed by atoms with van der Waals surface area (Å²) in [4.78, 5) is 50.8. The molecule has 1 aromatic carbocycles. The van der Waals surface area contributed by atoms with Gasteiger partial charge in [0.05, 0.1) is 13.5 Å². The number of nitrogens with zero attached hydrogens (tertiary/aromatic N) is 1. The second kappa shape index (κ2) is 10.0. The second-order valence-electron chi connectivity index (χ2n) is 7.13. The highest BCUT2D eigenvalue weighted by Gasteiger charge is 2.47. The molecule has 0 radical (unpaired) electrons. The minimum Gasteiger partial charge on any atom is -0.481 e. The molecule has 1 aromatic rings. The van der Waals surface area contributed by atoms with E-state index < -0.39 is 41.8 Å². The van der Waals surface area contributed by atoms with Crippen LogP contribution in [0.5, 0.6) is 0 Å². The lowest BCUT2D eigenvalue weighted by Gasteiger charge is -2.35. The maximum Gasteiger partial charge on any atom is 0.328 e. The van der Waals surface area contributed by atoms with E-state index in [2.05, 4.69) is 5.32 Å². The van der Waals surface area contributed by atoms with Gasteiger partial charge in [-0.05, 0) is 24.8 Å². The highest BCUT2D eigenvalue weighted by Crippen LogP contribution is 2.18. The predicted octanol–water partition coefficient (Wildman–Crippen LogP) is 0.0716. The van der Waals surface area contributed by atoms with Crippen molar-refractivity contribution in [3.8, 4) is 0 Å². The number of nitrogens with one attached hydrogen (secondary N) is 1. The van der Waals surface area contributed by atoms with Crippen LogP contribution in [-0.4, -0.2) is 65.5 Å². The number of hydrogen-bond donors (Lipinski definition) is 3. The van der Waals surface area contributed by atoms with Crippen LogP contribution in [0.4, 0.5) is 0 Å². The molecule has 1 aliphatic heterocycles. The average Bonchev–Trinajstić information content (AvgIpc) is 2.72. The van der Waals surface area contributed by atoms with Gasteiger partial charge in [0.2, 0.25) is 0 Å². The third-order valence-electron chi connectivity index (χ3n) is 4.93. The van der Waals surface area contributed by atoms with E-state index in [1.165, 1.54) is 12.0 Å². The first kappa shape index (κ1) is 22.4. The summed E-state index contributed by atoms with van der Waals surface area (Å²) in [7, 11) is 1.18. The highest BCUT2D eigenvalue weighted by molar-refractivity contribution is 6.12. The number of ether oxygens (including phenoxy) is 1. The Morgan fingerprint density at radius 2 is 1.79 bits per heavy atom. The van der Waals surface area contributed by atoms with Gasteiger partial charge in [-0.2, -0.15) is 0 Å². The van der Waals surface area contributed by atoms with E-state index in [1.807, 2.05) is 6.07 Å². The fraction of sp³-hybridized carbons (Fsp3) is 0.500. The van der Waals surface area contributed by atoms with Crippen molar-refractivity contribution in [1.82, 2.24) is 10.2 Å². The van der Waals surface area contributed by atoms with Gasteiger partial charge in [-0.1, -0.05) is 30.3 Å². The largest absolute Gasteiger partial charge is 0.481 e. The molecule has 2 atom stereocenters. The Morgan fingerprint density at radius 1 is 1.17 bits per heavy atom. The maximum atomic E-state index is 13.0. The Labute approximate surface area is 169 Å². The highest BCUT2D eigenvalue weighted by atomic mass is 16.5. The van der Waals surface area contributed by atoms with Crippen molar-refractivity contribution in [2.45, 2.75) is 43.7 Å². The zero-order valence-electron chi connectivity index (χ0n) is 16.4. The number of esters is 1. The monoisotopic (exact) mass is 405 g/mol. The second-order valence-corrected chi connectivity index (χ2v) is 7.13. The number of methoxy groups -OCH3 is 1. The molecule has 0 bridgehead atoms. The normalized spacial score (nSPS) is 17.0. The molecule has 0 aliphatic carbocycles. The summed E-state index contributed by atoms with van der Waals surface area (Å²) in [5.41, 5.74) is 4.51. The minimum absolute atomic E-state index is 0.111. The summed E-state index contributed by atoms with van der Waals surface area (Å²) in [6.07, 6.45) is 1.70. The number of amides is 2. The van der Waals surface area contributed by atoms with Gasteiger partial charge in [0.15, 0.2) is 5.54 Å². The molecule has 9 heteroatoms. The Bertz CT molecular complexity index is 748. The molecule has 4 N–H and O–H groups in total. The third kappa shape index (κ3) is 5.77. The van der Waals surface area contributed by atoms with E-state index in [1.54, 1.807) is 24.3 Å². The summed E-state index contributed by atoms with van der Waals surface area (Å²) in [6.45, 7) is 0.824. The van der Waals surface area contributed by atoms with Gasteiger partial charge in [-0.15, -0.1) is 0 Å². The van der Waals surface area contributed by atoms with Crippen LogP contribution in [0.15, 0.2) is 30.3 Å². The van der Waals surface area contributed by atoms with Crippen molar-refractivity contribution < 1.29 is 29.0 Å². The van der Waals surface area contributed by atoms with E-state index in [-0.39, 0.29) is 6.42 Å². The molecule has 0 unspecified atom stereocenters. The lowest BCUT2D eigenvalue weighted by Crippen LogP contribution is -2.67. The van der Waals surface area contributed by atoms with Crippen molar-refractivity contribution in [1.29, 1.82) is 0 Å². The zero-order valence-corrected chi connectivity index (χ0v) is 16.4. The molecule has 1 fully saturated rings. The minimum atomic E-state index is -2.31. The molecule has 2 rings (SSSR count). The Balaban J connectivity index is 2.24. The van der Waals surface area contributed by atoms with E-state index in [4.69, 9.17) is 10.5 Å². The standard InChI is InChI=1S/C20H27N3O6/c1-29-17(26)15(12-14-8-4-2-5-9-14)22-18(27)20(21,13-16(24)25)19(28)23-10-6-3-7-11-23/h2,4-5,8-9,15H,3,6-7,10-13,21H2,1H3,(H,22,27)(H,24,25)/t15-,20-/m0/s1. The first-order valence-corrected chi connectivity index (χ1v) is 9.50. The predicted molar refractivity (Wildman–Crippen MR) is 104 cm³/mol. The topological polar surface area (TPSA) is 139 Å². The van der Waals surface area contributed by atoms with Gasteiger partial charge in [0.1, 0.15) is 6.04 Å². The fourth-order valence-corrected chi connectivity index (χ4v) is 3.34. The number of carbonyl (C=O) groups excluding carboxylic acids is 3. The number of benzene rings is 1. The number of carbonyl (C=O) groups is 4. The number of aliphatic carboxylic acids is 1. The summed E-state index contributed by atoms with van der Waals surface area (Å²) in [6, 6.07) is 7.80. The van der Waals surface area contributed by atoms with Gasteiger partial charge in [0, 0.05) is 19.5 Å². The van der Waals surface area contributed by atoms with Gasteiger partial charge < -0.3 is 25.8 Å². The van der Waals surface area contributed by atoms with Gasteiger partial charge in [-0.3, -0.25) is 14.4 Å². The molecular formula is C20H27N3O6. The summed E-state index contributed by atoms with van der Waals surface area (Å²) < 4.78 is 4.75. The summed E-state index contributed by atoms with van der Waals surface area (Å²) >= 11 is 0. The van der Waals surface area contributed by atoms with Crippen molar-refractivity contribution in [2.75, 3.05) is 20.2 Å². The molecule has 1 heterocycles. The number of likely N-dealkylation sites (tertiary alicyclic amines) is 1. The van der Waals surface area contributed by atoms with Crippen molar-refractivity contribution in [3.05, 3.63) is 35.9 Å². The first-order chi connectivity index (χ1) is 13.8. The lowest BCUT2D eigenvalue weighted by molar-refractivity contribution is -0.153. The molecule has 2 amide bonds. The SMILES string of the molecule is COC(=O)[C@H](Cc1ccccc1)NC(=O)[C@@](N)(CC(=O)O)C(=O)N1CCCCC1. The number of piperidine rings is 1. The van der Waals surface area contributed by atoms with E-state index >= 15 is 0 Å². The molecule has 29 heavy (non-hydrogen) atoms. The van der Waals surface area contributed by atoms with Crippen LogP contribution in [-0.2, 0) is 30.3 Å². The summed E-state index contributed by atoms with van der Waals surface area (Å²) in [5, 5.41) is 11.7. The molecule has 0 saturated carbocycles. The van der Waals surface area contributed by atoms with Gasteiger partial charge in [-0.25, -0.2) is 4.79 Å². The number of rotatable bonds is 8. The number of carboxylic acids is 1. The molecular weight excluding hydrogens is 378 g/mol. The molecule has 158 valence electrons. The molecule has 1 aliphatic rings. The summed E-state index contributed by atoms with van der Waals surface area (Å²) in [5.74, 6) is -3.86.